The summed E-state index contributed by atoms with van der Waals surface area (Å²) in [6.07, 6.45) is 1.62. The number of aromatic nitrogens is 1. The molecule has 3 N–H and O–H groups in total. The van der Waals surface area contributed by atoms with E-state index in [1.807, 2.05) is 6.92 Å². The summed E-state index contributed by atoms with van der Waals surface area (Å²) in [5.41, 5.74) is 6.26. The first-order chi connectivity index (χ1) is 8.51. The Morgan fingerprint density at radius 1 is 1.44 bits per heavy atom. The molecule has 0 saturated carbocycles. The first-order valence-corrected chi connectivity index (χ1v) is 7.55. The molecule has 0 aliphatic rings. The second-order valence-electron chi connectivity index (χ2n) is 3.73. The van der Waals surface area contributed by atoms with Gasteiger partial charge < -0.3 is 5.73 Å². The van der Waals surface area contributed by atoms with Crippen LogP contribution < -0.4 is 10.5 Å². The third-order valence-electron chi connectivity index (χ3n) is 2.29. The number of sulfonamides is 1. The summed E-state index contributed by atoms with van der Waals surface area (Å²) in [6.45, 7) is 2.17. The third kappa shape index (κ3) is 2.87. The lowest BCUT2D eigenvalue weighted by Gasteiger charge is -2.06. The van der Waals surface area contributed by atoms with Gasteiger partial charge in [0.25, 0.3) is 10.0 Å². The average molecular weight is 283 g/mol. The molecule has 5 nitrogen and oxygen atoms in total. The number of nitrogens with one attached hydrogen (secondary N) is 1. The molecular formula is C11H13N3O2S2. The zero-order valence-corrected chi connectivity index (χ0v) is 11.4. The van der Waals surface area contributed by atoms with Gasteiger partial charge in [-0.3, -0.25) is 4.72 Å². The van der Waals surface area contributed by atoms with Crippen LogP contribution in [0.5, 0.6) is 0 Å². The topological polar surface area (TPSA) is 85.1 Å². The lowest BCUT2D eigenvalue weighted by Crippen LogP contribution is -2.13. The summed E-state index contributed by atoms with van der Waals surface area (Å²) in [5.74, 6) is 0. The van der Waals surface area contributed by atoms with E-state index in [1.54, 1.807) is 24.4 Å². The van der Waals surface area contributed by atoms with Crippen LogP contribution in [0, 0.1) is 6.92 Å². The molecule has 96 valence electrons. The van der Waals surface area contributed by atoms with Crippen molar-refractivity contribution >= 4 is 26.5 Å². The molecule has 1 aromatic heterocycles. The molecule has 0 saturated heterocycles. The Hall–Kier alpha value is -1.44. The van der Waals surface area contributed by atoms with Gasteiger partial charge >= 0.3 is 0 Å². The van der Waals surface area contributed by atoms with Gasteiger partial charge in [0.15, 0.2) is 5.13 Å². The van der Waals surface area contributed by atoms with Gasteiger partial charge in [-0.2, -0.15) is 0 Å². The number of thiazole rings is 1. The van der Waals surface area contributed by atoms with Gasteiger partial charge in [-0.1, -0.05) is 12.1 Å². The fraction of sp³-hybridized carbons (Fsp3) is 0.182. The Balaban J connectivity index is 2.30. The van der Waals surface area contributed by atoms with E-state index in [9.17, 15) is 8.42 Å². The highest BCUT2D eigenvalue weighted by molar-refractivity contribution is 7.93. The third-order valence-corrected chi connectivity index (χ3v) is 4.58. The molecule has 0 bridgehead atoms. The van der Waals surface area contributed by atoms with Crippen molar-refractivity contribution in [2.24, 2.45) is 5.73 Å². The molecule has 18 heavy (non-hydrogen) atoms. The molecule has 0 unspecified atom stereocenters. The second kappa shape index (κ2) is 5.05. The van der Waals surface area contributed by atoms with E-state index in [2.05, 4.69) is 9.71 Å². The van der Waals surface area contributed by atoms with E-state index in [4.69, 9.17) is 5.73 Å². The molecule has 1 aromatic carbocycles. The van der Waals surface area contributed by atoms with Crippen molar-refractivity contribution in [2.45, 2.75) is 18.4 Å². The van der Waals surface area contributed by atoms with Crippen molar-refractivity contribution in [3.63, 3.8) is 0 Å². The molecule has 0 aliphatic carbocycles. The van der Waals surface area contributed by atoms with Crippen LogP contribution in [0.4, 0.5) is 5.13 Å². The molecule has 2 rings (SSSR count). The van der Waals surface area contributed by atoms with E-state index in [1.165, 1.54) is 17.4 Å². The maximum Gasteiger partial charge on any atom is 0.263 e. The van der Waals surface area contributed by atoms with Crippen molar-refractivity contribution in [1.82, 2.24) is 4.98 Å². The lowest BCUT2D eigenvalue weighted by atomic mass is 10.2. The summed E-state index contributed by atoms with van der Waals surface area (Å²) in [5, 5.41) is 0.366. The molecule has 0 radical (unpaired) electrons. The molecule has 0 fully saturated rings. The summed E-state index contributed by atoms with van der Waals surface area (Å²) >= 11 is 1.29. The number of nitrogens with zero attached hydrogens (tertiary/aromatic N) is 1. The maximum atomic E-state index is 12.1. The Kier molecular flexibility index (Phi) is 3.65. The zero-order valence-electron chi connectivity index (χ0n) is 9.75. The largest absolute Gasteiger partial charge is 0.326 e. The highest BCUT2D eigenvalue weighted by Crippen LogP contribution is 2.21. The fourth-order valence-corrected chi connectivity index (χ4v) is 3.39. The van der Waals surface area contributed by atoms with Crippen LogP contribution >= 0.6 is 11.3 Å². The number of nitrogens with two attached hydrogens (primary N) is 1. The first kappa shape index (κ1) is 13.0. The van der Waals surface area contributed by atoms with Crippen molar-refractivity contribution in [3.05, 3.63) is 40.9 Å². The van der Waals surface area contributed by atoms with Gasteiger partial charge in [-0.15, -0.1) is 11.3 Å². The SMILES string of the molecule is Cc1cnc(NS(=O)(=O)c2cccc(CN)c2)s1. The zero-order chi connectivity index (χ0) is 13.2. The van der Waals surface area contributed by atoms with Gasteiger partial charge in [0, 0.05) is 17.6 Å². The number of aryl methyl sites for hydroxylation is 1. The molecule has 1 heterocycles. The van der Waals surface area contributed by atoms with Gasteiger partial charge in [0.1, 0.15) is 0 Å². The minimum Gasteiger partial charge on any atom is -0.326 e. The van der Waals surface area contributed by atoms with Crippen molar-refractivity contribution in [2.75, 3.05) is 4.72 Å². The number of hydrogen-bond donors (Lipinski definition) is 2. The summed E-state index contributed by atoms with van der Waals surface area (Å²) in [6, 6.07) is 6.54. The maximum absolute atomic E-state index is 12.1. The predicted molar refractivity (Wildman–Crippen MR) is 72.0 cm³/mol. The van der Waals surface area contributed by atoms with E-state index in [0.29, 0.717) is 11.7 Å². The van der Waals surface area contributed by atoms with Crippen LogP contribution in [-0.2, 0) is 16.6 Å². The molecule has 0 amide bonds. The summed E-state index contributed by atoms with van der Waals surface area (Å²) in [4.78, 5) is 5.11. The van der Waals surface area contributed by atoms with E-state index < -0.39 is 10.0 Å². The molecule has 0 atom stereocenters. The van der Waals surface area contributed by atoms with E-state index in [-0.39, 0.29) is 4.90 Å². The Bertz CT molecular complexity index is 650. The van der Waals surface area contributed by atoms with Crippen LogP contribution in [0.25, 0.3) is 0 Å². The summed E-state index contributed by atoms with van der Waals surface area (Å²) < 4.78 is 26.6. The van der Waals surface area contributed by atoms with Gasteiger partial charge in [-0.25, -0.2) is 13.4 Å². The molecule has 2 aromatic rings. The van der Waals surface area contributed by atoms with Crippen molar-refractivity contribution < 1.29 is 8.42 Å². The average Bonchev–Trinajstić information content (AvgIpc) is 2.74. The van der Waals surface area contributed by atoms with Crippen LogP contribution in [0.3, 0.4) is 0 Å². The fourth-order valence-electron chi connectivity index (χ4n) is 1.42. The van der Waals surface area contributed by atoms with Crippen LogP contribution in [0.2, 0.25) is 0 Å². The Morgan fingerprint density at radius 2 is 2.22 bits per heavy atom. The highest BCUT2D eigenvalue weighted by atomic mass is 32.2. The smallest absolute Gasteiger partial charge is 0.263 e. The van der Waals surface area contributed by atoms with Gasteiger partial charge in [0.2, 0.25) is 0 Å². The predicted octanol–water partition coefficient (Wildman–Crippen LogP) is 1.71. The standard InChI is InChI=1S/C11H13N3O2S2/c1-8-7-13-11(17-8)14-18(15,16)10-4-2-3-9(5-10)6-12/h2-5,7H,6,12H2,1H3,(H,13,14). The van der Waals surface area contributed by atoms with Crippen molar-refractivity contribution in [3.8, 4) is 0 Å². The van der Waals surface area contributed by atoms with E-state index >= 15 is 0 Å². The Labute approximate surface area is 110 Å². The van der Waals surface area contributed by atoms with Crippen LogP contribution in [0.1, 0.15) is 10.4 Å². The van der Waals surface area contributed by atoms with Gasteiger partial charge in [-0.05, 0) is 24.6 Å². The van der Waals surface area contributed by atoms with Gasteiger partial charge in [0.05, 0.1) is 4.90 Å². The van der Waals surface area contributed by atoms with Crippen LogP contribution in [0.15, 0.2) is 35.4 Å². The number of rotatable bonds is 4. The number of benzene rings is 1. The molecular weight excluding hydrogens is 270 g/mol. The second-order valence-corrected chi connectivity index (χ2v) is 6.65. The van der Waals surface area contributed by atoms with E-state index in [0.717, 1.165) is 10.4 Å². The molecule has 7 heteroatoms. The minimum atomic E-state index is -3.59. The minimum absolute atomic E-state index is 0.193. The molecule has 0 aliphatic heterocycles. The number of anilines is 1. The summed E-state index contributed by atoms with van der Waals surface area (Å²) in [7, 11) is -3.59. The highest BCUT2D eigenvalue weighted by Gasteiger charge is 2.15. The monoisotopic (exact) mass is 283 g/mol. The number of hydrogen-bond acceptors (Lipinski definition) is 5. The lowest BCUT2D eigenvalue weighted by molar-refractivity contribution is 0.601. The van der Waals surface area contributed by atoms with Crippen LogP contribution in [-0.4, -0.2) is 13.4 Å². The quantitative estimate of drug-likeness (QED) is 0.894. The Morgan fingerprint density at radius 3 is 2.83 bits per heavy atom. The normalized spacial score (nSPS) is 11.4. The first-order valence-electron chi connectivity index (χ1n) is 5.25. The molecule has 0 spiro atoms. The van der Waals surface area contributed by atoms with Crippen molar-refractivity contribution in [1.29, 1.82) is 0 Å².